The van der Waals surface area contributed by atoms with Crippen LogP contribution < -0.4 is 10.6 Å². The fraction of sp³-hybridized carbons (Fsp3) is 0.353. The zero-order valence-electron chi connectivity index (χ0n) is 13.3. The monoisotopic (exact) mass is 315 g/mol. The molecule has 0 aliphatic rings. The van der Waals surface area contributed by atoms with Crippen molar-refractivity contribution in [1.82, 2.24) is 10.6 Å². The van der Waals surface area contributed by atoms with Crippen molar-refractivity contribution in [3.8, 4) is 11.8 Å². The van der Waals surface area contributed by atoms with E-state index in [2.05, 4.69) is 10.6 Å². The van der Waals surface area contributed by atoms with Gasteiger partial charge in [-0.05, 0) is 29.7 Å². The quantitative estimate of drug-likeness (QED) is 0.525. The number of phenolic OH excluding ortho intramolecular Hbond substituents is 1. The number of aromatic hydroxyl groups is 1. The largest absolute Gasteiger partial charge is 0.508 e. The summed E-state index contributed by atoms with van der Waals surface area (Å²) >= 11 is 0. The van der Waals surface area contributed by atoms with Gasteiger partial charge in [-0.3, -0.25) is 9.59 Å². The summed E-state index contributed by atoms with van der Waals surface area (Å²) in [4.78, 5) is 23.4. The van der Waals surface area contributed by atoms with Gasteiger partial charge in [-0.2, -0.15) is 5.26 Å². The molecule has 23 heavy (non-hydrogen) atoms. The van der Waals surface area contributed by atoms with Crippen LogP contribution >= 0.6 is 0 Å². The highest BCUT2D eigenvalue weighted by Gasteiger charge is 2.09. The van der Waals surface area contributed by atoms with Gasteiger partial charge in [0.15, 0.2) is 0 Å². The molecular weight excluding hydrogens is 294 g/mol. The van der Waals surface area contributed by atoms with Crippen molar-refractivity contribution in [3.05, 3.63) is 35.4 Å². The maximum absolute atomic E-state index is 11.9. The number of rotatable bonds is 7. The van der Waals surface area contributed by atoms with Gasteiger partial charge in [0.05, 0.1) is 0 Å². The average Bonchev–Trinajstić information content (AvgIpc) is 2.52. The standard InChI is InChI=1S/C17H21N3O3/c1-12(2)11-20-16(22)7-8-19-17(23)14(10-18)9-13-3-5-15(21)6-4-13/h3-6,9,12,21H,7-8,11H2,1-2H3,(H,19,23)(H,20,22)/b14-9+. The third kappa shape index (κ3) is 7.14. The first-order valence-electron chi connectivity index (χ1n) is 7.38. The Bertz CT molecular complexity index is 613. The molecule has 0 atom stereocenters. The molecule has 122 valence electrons. The molecule has 0 aliphatic carbocycles. The summed E-state index contributed by atoms with van der Waals surface area (Å²) in [5.74, 6) is -0.193. The van der Waals surface area contributed by atoms with E-state index in [4.69, 9.17) is 5.26 Å². The van der Waals surface area contributed by atoms with Gasteiger partial charge in [-0.1, -0.05) is 26.0 Å². The van der Waals surface area contributed by atoms with Crippen LogP contribution in [0, 0.1) is 17.2 Å². The van der Waals surface area contributed by atoms with Crippen LogP contribution in [0.4, 0.5) is 0 Å². The second-order valence-corrected chi connectivity index (χ2v) is 5.47. The van der Waals surface area contributed by atoms with E-state index < -0.39 is 5.91 Å². The molecule has 2 amide bonds. The fourth-order valence-electron chi connectivity index (χ4n) is 1.68. The molecule has 0 spiro atoms. The molecule has 0 aliphatic heterocycles. The summed E-state index contributed by atoms with van der Waals surface area (Å²) in [7, 11) is 0. The second-order valence-electron chi connectivity index (χ2n) is 5.47. The lowest BCUT2D eigenvalue weighted by Crippen LogP contribution is -2.32. The normalized spacial score (nSPS) is 11.0. The topological polar surface area (TPSA) is 102 Å². The van der Waals surface area contributed by atoms with E-state index in [1.54, 1.807) is 12.1 Å². The minimum atomic E-state index is -0.530. The molecule has 0 radical (unpaired) electrons. The fourth-order valence-corrected chi connectivity index (χ4v) is 1.68. The van der Waals surface area contributed by atoms with Gasteiger partial charge in [-0.15, -0.1) is 0 Å². The van der Waals surface area contributed by atoms with Crippen molar-refractivity contribution in [3.63, 3.8) is 0 Å². The lowest BCUT2D eigenvalue weighted by Gasteiger charge is -2.08. The Labute approximate surface area is 135 Å². The summed E-state index contributed by atoms with van der Waals surface area (Å²) in [6.45, 7) is 4.75. The number of phenols is 1. The number of hydrogen-bond acceptors (Lipinski definition) is 4. The first-order valence-corrected chi connectivity index (χ1v) is 7.38. The Morgan fingerprint density at radius 2 is 1.91 bits per heavy atom. The van der Waals surface area contributed by atoms with Crippen LogP contribution in [0.1, 0.15) is 25.8 Å². The molecule has 0 fully saturated rings. The van der Waals surface area contributed by atoms with Crippen molar-refractivity contribution in [2.75, 3.05) is 13.1 Å². The molecule has 1 rings (SSSR count). The molecular formula is C17H21N3O3. The first kappa shape index (κ1) is 18.2. The number of nitrogens with one attached hydrogen (secondary N) is 2. The molecule has 0 aromatic heterocycles. The van der Waals surface area contributed by atoms with Crippen LogP contribution in [0.5, 0.6) is 5.75 Å². The molecule has 1 aromatic rings. The van der Waals surface area contributed by atoms with Gasteiger partial charge in [0.25, 0.3) is 5.91 Å². The number of carbonyl (C=O) groups is 2. The van der Waals surface area contributed by atoms with Crippen molar-refractivity contribution in [2.45, 2.75) is 20.3 Å². The number of benzene rings is 1. The third-order valence-electron chi connectivity index (χ3n) is 2.91. The second kappa shape index (κ2) is 9.26. The van der Waals surface area contributed by atoms with Crippen LogP contribution in [-0.4, -0.2) is 30.0 Å². The smallest absolute Gasteiger partial charge is 0.261 e. The molecule has 0 bridgehead atoms. The molecule has 0 saturated heterocycles. The average molecular weight is 315 g/mol. The predicted octanol–water partition coefficient (Wildman–Crippen LogP) is 1.58. The van der Waals surface area contributed by atoms with Gasteiger partial charge >= 0.3 is 0 Å². The number of carbonyl (C=O) groups excluding carboxylic acids is 2. The summed E-state index contributed by atoms with van der Waals surface area (Å²) in [6, 6.07) is 7.96. The molecule has 0 unspecified atom stereocenters. The number of nitrogens with zero attached hydrogens (tertiary/aromatic N) is 1. The lowest BCUT2D eigenvalue weighted by molar-refractivity contribution is -0.121. The maximum atomic E-state index is 11.9. The zero-order chi connectivity index (χ0) is 17.2. The van der Waals surface area contributed by atoms with E-state index in [0.717, 1.165) is 0 Å². The Morgan fingerprint density at radius 1 is 1.26 bits per heavy atom. The minimum Gasteiger partial charge on any atom is -0.508 e. The Hall–Kier alpha value is -2.81. The number of amides is 2. The van der Waals surface area contributed by atoms with E-state index in [0.29, 0.717) is 18.0 Å². The van der Waals surface area contributed by atoms with E-state index in [1.807, 2.05) is 19.9 Å². The van der Waals surface area contributed by atoms with Crippen LogP contribution in [0.3, 0.4) is 0 Å². The maximum Gasteiger partial charge on any atom is 0.261 e. The highest BCUT2D eigenvalue weighted by molar-refractivity contribution is 6.01. The predicted molar refractivity (Wildman–Crippen MR) is 87.2 cm³/mol. The Morgan fingerprint density at radius 3 is 2.48 bits per heavy atom. The van der Waals surface area contributed by atoms with Crippen LogP contribution in [0.15, 0.2) is 29.8 Å². The summed E-state index contributed by atoms with van der Waals surface area (Å²) < 4.78 is 0. The van der Waals surface area contributed by atoms with Gasteiger partial charge in [0.2, 0.25) is 5.91 Å². The molecule has 6 heteroatoms. The van der Waals surface area contributed by atoms with E-state index in [1.165, 1.54) is 18.2 Å². The van der Waals surface area contributed by atoms with Gasteiger partial charge in [0.1, 0.15) is 17.4 Å². The van der Waals surface area contributed by atoms with Gasteiger partial charge in [0, 0.05) is 19.5 Å². The first-order chi connectivity index (χ1) is 10.9. The Balaban J connectivity index is 2.50. The van der Waals surface area contributed by atoms with Crippen molar-refractivity contribution >= 4 is 17.9 Å². The minimum absolute atomic E-state index is 0.0571. The van der Waals surface area contributed by atoms with E-state index in [-0.39, 0.29) is 30.2 Å². The van der Waals surface area contributed by atoms with Crippen LogP contribution in [0.25, 0.3) is 6.08 Å². The Kier molecular flexibility index (Phi) is 7.34. The highest BCUT2D eigenvalue weighted by Crippen LogP contribution is 2.12. The van der Waals surface area contributed by atoms with Crippen LogP contribution in [-0.2, 0) is 9.59 Å². The summed E-state index contributed by atoms with van der Waals surface area (Å²) in [6.07, 6.45) is 1.59. The molecule has 0 heterocycles. The lowest BCUT2D eigenvalue weighted by atomic mass is 10.1. The zero-order valence-corrected chi connectivity index (χ0v) is 13.3. The van der Waals surface area contributed by atoms with Gasteiger partial charge < -0.3 is 15.7 Å². The molecule has 1 aromatic carbocycles. The molecule has 3 N–H and O–H groups in total. The van der Waals surface area contributed by atoms with Crippen molar-refractivity contribution < 1.29 is 14.7 Å². The summed E-state index contributed by atoms with van der Waals surface area (Å²) in [5.41, 5.74) is 0.572. The third-order valence-corrected chi connectivity index (χ3v) is 2.91. The number of hydrogen-bond donors (Lipinski definition) is 3. The summed E-state index contributed by atoms with van der Waals surface area (Å²) in [5, 5.41) is 23.6. The molecule has 6 nitrogen and oxygen atoms in total. The van der Waals surface area contributed by atoms with Crippen molar-refractivity contribution in [1.29, 1.82) is 5.26 Å². The SMILES string of the molecule is CC(C)CNC(=O)CCNC(=O)/C(C#N)=C/c1ccc(O)cc1. The van der Waals surface area contributed by atoms with Gasteiger partial charge in [-0.25, -0.2) is 0 Å². The van der Waals surface area contributed by atoms with E-state index in [9.17, 15) is 14.7 Å². The number of nitriles is 1. The van der Waals surface area contributed by atoms with Crippen molar-refractivity contribution in [2.24, 2.45) is 5.92 Å². The highest BCUT2D eigenvalue weighted by atomic mass is 16.3. The molecule has 0 saturated carbocycles. The van der Waals surface area contributed by atoms with E-state index >= 15 is 0 Å². The van der Waals surface area contributed by atoms with Crippen LogP contribution in [0.2, 0.25) is 0 Å².